The number of likely N-dealkylation sites (tertiary alicyclic amines) is 1. The van der Waals surface area contributed by atoms with Gasteiger partial charge in [0.2, 0.25) is 0 Å². The molecule has 41 heavy (non-hydrogen) atoms. The number of alkyl halides is 3. The van der Waals surface area contributed by atoms with Crippen LogP contribution in [0.5, 0.6) is 0 Å². The Balaban J connectivity index is 1.45. The predicted octanol–water partition coefficient (Wildman–Crippen LogP) is 5.63. The molecule has 1 aromatic carbocycles. The van der Waals surface area contributed by atoms with Crippen LogP contribution in [0.2, 0.25) is 0 Å². The Morgan fingerprint density at radius 3 is 2.66 bits per heavy atom. The third-order valence-corrected chi connectivity index (χ3v) is 8.55. The van der Waals surface area contributed by atoms with Crippen molar-refractivity contribution in [3.05, 3.63) is 63.7 Å². The van der Waals surface area contributed by atoms with Gasteiger partial charge in [0.05, 0.1) is 16.9 Å². The number of fused-ring (bicyclic) bond motifs is 1. The van der Waals surface area contributed by atoms with Crippen molar-refractivity contribution < 1.29 is 18.7 Å². The zero-order valence-electron chi connectivity index (χ0n) is 22.6. The number of aryl methyl sites for hydroxylation is 1. The quantitative estimate of drug-likeness (QED) is 0.312. The molecule has 0 radical (unpaired) electrons. The van der Waals surface area contributed by atoms with Gasteiger partial charge in [0.25, 0.3) is 11.5 Å². The standard InChI is InChI=1S/C29H31ClF2N6O3/c1-18(19-4-2-5-21(14-19)29(31,32)20-6-12-37(13-7-20)27(40)41)36-24-22-15-23(28(16-33)8-9-28)26(39)38(11-3-10-30)25(22)35-17-34-24/h2,4-5,14-15,17-18,20H,3,6-13H2,1H3,(H,40,41)(H,34,35,36)/t18-/m1/s1. The molecule has 1 aliphatic carbocycles. The number of piperidine rings is 1. The van der Waals surface area contributed by atoms with Gasteiger partial charge in [-0.25, -0.2) is 23.5 Å². The first-order chi connectivity index (χ1) is 19.6. The molecule has 0 bridgehead atoms. The number of benzene rings is 1. The van der Waals surface area contributed by atoms with Gasteiger partial charge in [0, 0.05) is 48.6 Å². The fourth-order valence-corrected chi connectivity index (χ4v) is 5.72. The maximum atomic E-state index is 15.6. The van der Waals surface area contributed by atoms with E-state index >= 15 is 8.78 Å². The summed E-state index contributed by atoms with van der Waals surface area (Å²) in [4.78, 5) is 34.5. The monoisotopic (exact) mass is 584 g/mol. The normalized spacial score (nSPS) is 17.7. The van der Waals surface area contributed by atoms with Crippen LogP contribution in [0.25, 0.3) is 11.0 Å². The molecule has 0 unspecified atom stereocenters. The summed E-state index contributed by atoms with van der Waals surface area (Å²) in [7, 11) is 0. The number of amides is 1. The first-order valence-electron chi connectivity index (χ1n) is 13.7. The molecule has 1 saturated carbocycles. The van der Waals surface area contributed by atoms with E-state index in [1.54, 1.807) is 22.8 Å². The van der Waals surface area contributed by atoms with E-state index in [9.17, 15) is 14.9 Å². The molecule has 2 aromatic heterocycles. The summed E-state index contributed by atoms with van der Waals surface area (Å²) in [5, 5.41) is 22.8. The second-order valence-corrected chi connectivity index (χ2v) is 11.2. The summed E-state index contributed by atoms with van der Waals surface area (Å²) >= 11 is 5.91. The van der Waals surface area contributed by atoms with E-state index in [-0.39, 0.29) is 37.1 Å². The van der Waals surface area contributed by atoms with Crippen LogP contribution in [0.1, 0.15) is 61.8 Å². The molecule has 1 amide bonds. The van der Waals surface area contributed by atoms with Crippen LogP contribution in [0, 0.1) is 17.2 Å². The van der Waals surface area contributed by atoms with E-state index in [1.807, 2.05) is 6.92 Å². The van der Waals surface area contributed by atoms with E-state index in [1.165, 1.54) is 23.4 Å². The Bertz CT molecular complexity index is 1560. The maximum absolute atomic E-state index is 15.6. The average molecular weight is 585 g/mol. The largest absolute Gasteiger partial charge is 0.465 e. The molecule has 9 nitrogen and oxygen atoms in total. The lowest BCUT2D eigenvalue weighted by Gasteiger charge is -2.35. The molecular weight excluding hydrogens is 554 g/mol. The van der Waals surface area contributed by atoms with Crippen LogP contribution in [-0.2, 0) is 17.9 Å². The fourth-order valence-electron chi connectivity index (χ4n) is 5.60. The van der Waals surface area contributed by atoms with E-state index in [0.29, 0.717) is 59.7 Å². The summed E-state index contributed by atoms with van der Waals surface area (Å²) in [6, 6.07) is 9.77. The summed E-state index contributed by atoms with van der Waals surface area (Å²) < 4.78 is 32.6. The minimum Gasteiger partial charge on any atom is -0.465 e. The lowest BCUT2D eigenvalue weighted by Crippen LogP contribution is -2.41. The van der Waals surface area contributed by atoms with Crippen LogP contribution in [0.4, 0.5) is 19.4 Å². The number of carbonyl (C=O) groups is 1. The molecule has 216 valence electrons. The molecule has 1 atom stereocenters. The number of anilines is 1. The second-order valence-electron chi connectivity index (χ2n) is 10.9. The van der Waals surface area contributed by atoms with E-state index in [2.05, 4.69) is 21.4 Å². The number of nitrogens with one attached hydrogen (secondary N) is 1. The highest BCUT2D eigenvalue weighted by molar-refractivity contribution is 6.17. The van der Waals surface area contributed by atoms with Gasteiger partial charge in [0.1, 0.15) is 17.8 Å². The Hall–Kier alpha value is -3.78. The molecule has 3 aromatic rings. The van der Waals surface area contributed by atoms with Crippen molar-refractivity contribution in [1.82, 2.24) is 19.4 Å². The van der Waals surface area contributed by atoms with Gasteiger partial charge in [0.15, 0.2) is 0 Å². The Morgan fingerprint density at radius 2 is 2.02 bits per heavy atom. The first kappa shape index (κ1) is 28.7. The van der Waals surface area contributed by atoms with Gasteiger partial charge >= 0.3 is 6.09 Å². The summed E-state index contributed by atoms with van der Waals surface area (Å²) in [5.41, 5.74) is 0.227. The molecule has 1 aliphatic heterocycles. The maximum Gasteiger partial charge on any atom is 0.407 e. The molecule has 12 heteroatoms. The first-order valence-corrected chi connectivity index (χ1v) is 14.2. The van der Waals surface area contributed by atoms with Crippen molar-refractivity contribution in [2.75, 3.05) is 24.3 Å². The lowest BCUT2D eigenvalue weighted by molar-refractivity contribution is -0.0836. The molecule has 0 spiro atoms. The van der Waals surface area contributed by atoms with Crippen LogP contribution in [-0.4, -0.2) is 49.6 Å². The number of pyridine rings is 1. The average Bonchev–Trinajstić information content (AvgIpc) is 3.78. The summed E-state index contributed by atoms with van der Waals surface area (Å²) in [6.45, 7) is 2.33. The Labute approximate surface area is 240 Å². The number of nitriles is 1. The fraction of sp³-hybridized carbons (Fsp3) is 0.483. The van der Waals surface area contributed by atoms with Gasteiger partial charge in [-0.3, -0.25) is 9.36 Å². The zero-order valence-corrected chi connectivity index (χ0v) is 23.4. The molecule has 5 rings (SSSR count). The zero-order chi connectivity index (χ0) is 29.4. The molecule has 3 heterocycles. The third-order valence-electron chi connectivity index (χ3n) is 8.28. The number of aromatic nitrogens is 3. The van der Waals surface area contributed by atoms with Gasteiger partial charge in [-0.15, -0.1) is 11.6 Å². The summed E-state index contributed by atoms with van der Waals surface area (Å²) in [5.74, 6) is -3.30. The van der Waals surface area contributed by atoms with Gasteiger partial charge in [-0.1, -0.05) is 18.2 Å². The molecular formula is C29H31ClF2N6O3. The van der Waals surface area contributed by atoms with Crippen molar-refractivity contribution in [2.24, 2.45) is 5.92 Å². The van der Waals surface area contributed by atoms with Crippen molar-refractivity contribution in [1.29, 1.82) is 5.26 Å². The third kappa shape index (κ3) is 5.45. The van der Waals surface area contributed by atoms with Crippen LogP contribution < -0.4 is 10.9 Å². The van der Waals surface area contributed by atoms with Crippen LogP contribution in [0.15, 0.2) is 41.5 Å². The Morgan fingerprint density at radius 1 is 1.29 bits per heavy atom. The highest BCUT2D eigenvalue weighted by atomic mass is 35.5. The number of rotatable bonds is 9. The molecule has 1 saturated heterocycles. The van der Waals surface area contributed by atoms with Crippen molar-refractivity contribution in [2.45, 2.75) is 63.0 Å². The lowest BCUT2D eigenvalue weighted by atomic mass is 9.85. The van der Waals surface area contributed by atoms with Crippen molar-refractivity contribution in [3.63, 3.8) is 0 Å². The van der Waals surface area contributed by atoms with Crippen LogP contribution >= 0.6 is 11.6 Å². The van der Waals surface area contributed by atoms with Crippen molar-refractivity contribution in [3.8, 4) is 6.07 Å². The predicted molar refractivity (Wildman–Crippen MR) is 150 cm³/mol. The Kier molecular flexibility index (Phi) is 7.88. The highest BCUT2D eigenvalue weighted by Crippen LogP contribution is 2.47. The number of hydrogen-bond donors (Lipinski definition) is 2. The van der Waals surface area contributed by atoms with Crippen LogP contribution in [0.3, 0.4) is 0 Å². The molecule has 2 fully saturated rings. The minimum atomic E-state index is -3.12. The molecule has 2 N–H and O–H groups in total. The number of carboxylic acid groups (broad SMARTS) is 1. The highest BCUT2D eigenvalue weighted by Gasteiger charge is 2.47. The topological polar surface area (TPSA) is 124 Å². The minimum absolute atomic E-state index is 0.0824. The van der Waals surface area contributed by atoms with E-state index < -0.39 is 29.4 Å². The van der Waals surface area contributed by atoms with Gasteiger partial charge < -0.3 is 15.3 Å². The van der Waals surface area contributed by atoms with E-state index in [4.69, 9.17) is 16.7 Å². The van der Waals surface area contributed by atoms with Gasteiger partial charge in [-0.05, 0) is 56.7 Å². The number of hydrogen-bond acceptors (Lipinski definition) is 6. The summed E-state index contributed by atoms with van der Waals surface area (Å²) in [6.07, 6.45) is 2.17. The second kappa shape index (κ2) is 11.2. The van der Waals surface area contributed by atoms with Crippen molar-refractivity contribution >= 4 is 34.5 Å². The SMILES string of the molecule is C[C@@H](Nc1ncnc2c1cc(C1(C#N)CC1)c(=O)n2CCCCl)c1cccc(C(F)(F)C2CCN(C(=O)O)CC2)c1. The number of nitrogens with zero attached hydrogens (tertiary/aromatic N) is 5. The van der Waals surface area contributed by atoms with E-state index in [0.717, 1.165) is 0 Å². The number of halogens is 3. The van der Waals surface area contributed by atoms with Gasteiger partial charge in [-0.2, -0.15) is 5.26 Å². The smallest absolute Gasteiger partial charge is 0.407 e. The molecule has 2 aliphatic rings.